The molecule has 4 rings (SSSR count). The second-order valence-electron chi connectivity index (χ2n) is 6.33. The minimum atomic E-state index is -0.0498. The number of aromatic nitrogens is 2. The van der Waals surface area contributed by atoms with Crippen molar-refractivity contribution in [3.63, 3.8) is 0 Å². The predicted molar refractivity (Wildman–Crippen MR) is 104 cm³/mol. The third kappa shape index (κ3) is 2.83. The topological polar surface area (TPSA) is 102 Å². The first-order valence-corrected chi connectivity index (χ1v) is 8.41. The molecule has 2 heterocycles. The van der Waals surface area contributed by atoms with Gasteiger partial charge in [-0.25, -0.2) is 4.98 Å². The minimum Gasteiger partial charge on any atom is -0.509 e. The van der Waals surface area contributed by atoms with Crippen LogP contribution in [0.15, 0.2) is 48.2 Å². The molecule has 1 aliphatic rings. The third-order valence-electron chi connectivity index (χ3n) is 4.59. The molecular weight excluding hydrogens is 344 g/mol. The molecule has 1 aliphatic heterocycles. The van der Waals surface area contributed by atoms with Crippen molar-refractivity contribution in [1.29, 1.82) is 5.41 Å². The molecule has 7 heteroatoms. The number of anilines is 1. The number of H-pyrrole nitrogens is 1. The number of ketones is 1. The van der Waals surface area contributed by atoms with E-state index >= 15 is 0 Å². The van der Waals surface area contributed by atoms with Crippen molar-refractivity contribution in [2.75, 3.05) is 18.6 Å². The van der Waals surface area contributed by atoms with Crippen LogP contribution < -0.4 is 9.64 Å². The number of hydrogen-bond donors (Lipinski definition) is 3. The maximum atomic E-state index is 11.6. The molecule has 1 aromatic heterocycles. The number of Topliss-reactive ketones (excluding diaryl/α,β-unsaturated/α-hetero) is 1. The Labute approximate surface area is 155 Å². The molecule has 0 radical (unpaired) electrons. The zero-order valence-corrected chi connectivity index (χ0v) is 14.9. The lowest BCUT2D eigenvalue weighted by Gasteiger charge is -2.19. The number of benzene rings is 2. The number of carbonyl (C=O) groups is 1. The molecule has 0 unspecified atom stereocenters. The fourth-order valence-corrected chi connectivity index (χ4v) is 3.18. The molecule has 3 aromatic rings. The molecule has 0 bridgehead atoms. The molecule has 27 heavy (non-hydrogen) atoms. The van der Waals surface area contributed by atoms with Gasteiger partial charge >= 0.3 is 0 Å². The van der Waals surface area contributed by atoms with E-state index in [-0.39, 0.29) is 23.9 Å². The quantitative estimate of drug-likeness (QED) is 0.616. The van der Waals surface area contributed by atoms with Crippen LogP contribution >= 0.6 is 0 Å². The summed E-state index contributed by atoms with van der Waals surface area (Å²) in [4.78, 5) is 20.9. The molecule has 0 saturated carbocycles. The van der Waals surface area contributed by atoms with E-state index in [2.05, 4.69) is 9.97 Å². The van der Waals surface area contributed by atoms with Crippen LogP contribution in [0.3, 0.4) is 0 Å². The average molecular weight is 362 g/mol. The normalized spacial score (nSPS) is 14.3. The number of nitrogens with zero attached hydrogens (tertiary/aromatic N) is 2. The zero-order valence-electron chi connectivity index (χ0n) is 14.9. The maximum Gasteiger partial charge on any atom is 0.159 e. The summed E-state index contributed by atoms with van der Waals surface area (Å²) in [5, 5.41) is 19.0. The monoisotopic (exact) mass is 362 g/mol. The number of imidazole rings is 1. The SMILES string of the molecule is COc1ccc2nc(C3=C(O)CN(c4cccc(C(C)=O)c4)C3=N)[nH]c2c1. The fraction of sp³-hybridized carbons (Fsp3) is 0.150. The molecule has 0 atom stereocenters. The zero-order chi connectivity index (χ0) is 19.1. The second-order valence-corrected chi connectivity index (χ2v) is 6.33. The van der Waals surface area contributed by atoms with Crippen LogP contribution in [0.25, 0.3) is 16.6 Å². The number of carbonyl (C=O) groups excluding carboxylic acids is 1. The number of ether oxygens (including phenoxy) is 1. The number of rotatable bonds is 4. The van der Waals surface area contributed by atoms with Gasteiger partial charge in [-0.15, -0.1) is 0 Å². The summed E-state index contributed by atoms with van der Waals surface area (Å²) >= 11 is 0. The number of amidine groups is 1. The molecule has 0 aliphatic carbocycles. The molecule has 3 N–H and O–H groups in total. The van der Waals surface area contributed by atoms with Crippen LogP contribution in [0.4, 0.5) is 5.69 Å². The van der Waals surface area contributed by atoms with Crippen LogP contribution in [0, 0.1) is 5.41 Å². The Kier molecular flexibility index (Phi) is 3.92. The first kappa shape index (κ1) is 16.8. The van der Waals surface area contributed by atoms with Crippen molar-refractivity contribution in [2.45, 2.75) is 6.92 Å². The van der Waals surface area contributed by atoms with Gasteiger partial charge in [-0.3, -0.25) is 10.2 Å². The van der Waals surface area contributed by atoms with Crippen molar-refractivity contribution >= 4 is 33.9 Å². The van der Waals surface area contributed by atoms with Crippen LogP contribution in [0.2, 0.25) is 0 Å². The number of fused-ring (bicyclic) bond motifs is 1. The lowest BCUT2D eigenvalue weighted by atomic mass is 10.1. The smallest absolute Gasteiger partial charge is 0.159 e. The molecule has 0 saturated heterocycles. The van der Waals surface area contributed by atoms with E-state index in [4.69, 9.17) is 10.1 Å². The van der Waals surface area contributed by atoms with Gasteiger partial charge in [-0.2, -0.15) is 0 Å². The summed E-state index contributed by atoms with van der Waals surface area (Å²) in [5.41, 5.74) is 3.06. The van der Waals surface area contributed by atoms with Crippen molar-refractivity contribution in [3.8, 4) is 5.75 Å². The second kappa shape index (κ2) is 6.28. The van der Waals surface area contributed by atoms with E-state index in [9.17, 15) is 9.90 Å². The first-order valence-electron chi connectivity index (χ1n) is 8.41. The molecule has 2 aromatic carbocycles. The number of methoxy groups -OCH3 is 1. The fourth-order valence-electron chi connectivity index (χ4n) is 3.18. The average Bonchev–Trinajstić information content (AvgIpc) is 3.20. The Morgan fingerprint density at radius 1 is 1.30 bits per heavy atom. The standard InChI is InChI=1S/C20H18N4O3/c1-11(25)12-4-3-5-13(8-12)24-10-17(26)18(19(24)21)20-22-15-7-6-14(27-2)9-16(15)23-20/h3-9,21,26H,10H2,1-2H3,(H,22,23). The highest BCUT2D eigenvalue weighted by Crippen LogP contribution is 2.31. The van der Waals surface area contributed by atoms with E-state index in [1.54, 1.807) is 42.3 Å². The highest BCUT2D eigenvalue weighted by molar-refractivity contribution is 6.30. The highest BCUT2D eigenvalue weighted by Gasteiger charge is 2.31. The molecule has 0 spiro atoms. The number of aliphatic hydroxyl groups excluding tert-OH is 1. The van der Waals surface area contributed by atoms with Gasteiger partial charge in [-0.05, 0) is 31.2 Å². The van der Waals surface area contributed by atoms with Crippen molar-refractivity contribution in [3.05, 3.63) is 59.6 Å². The minimum absolute atomic E-state index is 0.0498. The van der Waals surface area contributed by atoms with Gasteiger partial charge in [-0.1, -0.05) is 12.1 Å². The number of aliphatic hydroxyl groups is 1. The number of nitrogens with one attached hydrogen (secondary N) is 2. The van der Waals surface area contributed by atoms with Crippen molar-refractivity contribution in [1.82, 2.24) is 9.97 Å². The Bertz CT molecular complexity index is 1110. The van der Waals surface area contributed by atoms with E-state index in [0.29, 0.717) is 28.4 Å². The molecule has 0 amide bonds. The highest BCUT2D eigenvalue weighted by atomic mass is 16.5. The summed E-state index contributed by atoms with van der Waals surface area (Å²) in [6.45, 7) is 1.65. The summed E-state index contributed by atoms with van der Waals surface area (Å²) in [5.74, 6) is 1.25. The molecule has 0 fully saturated rings. The predicted octanol–water partition coefficient (Wildman–Crippen LogP) is 3.54. The Balaban J connectivity index is 1.70. The van der Waals surface area contributed by atoms with Gasteiger partial charge in [0, 0.05) is 17.3 Å². The van der Waals surface area contributed by atoms with E-state index in [1.165, 1.54) is 6.92 Å². The number of aromatic amines is 1. The van der Waals surface area contributed by atoms with Crippen LogP contribution in [0.1, 0.15) is 23.1 Å². The summed E-state index contributed by atoms with van der Waals surface area (Å²) < 4.78 is 5.22. The first-order chi connectivity index (χ1) is 13.0. The lowest BCUT2D eigenvalue weighted by Crippen LogP contribution is -2.26. The van der Waals surface area contributed by atoms with Gasteiger partial charge in [0.05, 0.1) is 30.3 Å². The van der Waals surface area contributed by atoms with Crippen LogP contribution in [-0.2, 0) is 0 Å². The van der Waals surface area contributed by atoms with E-state index in [1.807, 2.05) is 12.1 Å². The van der Waals surface area contributed by atoms with Gasteiger partial charge in [0.1, 0.15) is 23.2 Å². The van der Waals surface area contributed by atoms with Gasteiger partial charge in [0.25, 0.3) is 0 Å². The Morgan fingerprint density at radius 3 is 2.85 bits per heavy atom. The van der Waals surface area contributed by atoms with Crippen molar-refractivity contribution < 1.29 is 14.6 Å². The maximum absolute atomic E-state index is 11.6. The van der Waals surface area contributed by atoms with Crippen LogP contribution in [-0.4, -0.2) is 40.3 Å². The van der Waals surface area contributed by atoms with E-state index < -0.39 is 0 Å². The summed E-state index contributed by atoms with van der Waals surface area (Å²) in [7, 11) is 1.59. The van der Waals surface area contributed by atoms with E-state index in [0.717, 1.165) is 11.0 Å². The number of hydrogen-bond acceptors (Lipinski definition) is 5. The molecule has 7 nitrogen and oxygen atoms in total. The third-order valence-corrected chi connectivity index (χ3v) is 4.59. The van der Waals surface area contributed by atoms with Gasteiger partial charge < -0.3 is 19.7 Å². The Morgan fingerprint density at radius 2 is 2.11 bits per heavy atom. The summed E-state index contributed by atoms with van der Waals surface area (Å²) in [6.07, 6.45) is 0. The summed E-state index contributed by atoms with van der Waals surface area (Å²) in [6, 6.07) is 12.5. The molecular formula is C20H18N4O3. The van der Waals surface area contributed by atoms with Crippen molar-refractivity contribution in [2.24, 2.45) is 0 Å². The largest absolute Gasteiger partial charge is 0.509 e. The van der Waals surface area contributed by atoms with Crippen LogP contribution in [0.5, 0.6) is 5.75 Å². The molecule has 136 valence electrons. The Hall–Kier alpha value is -3.61. The van der Waals surface area contributed by atoms with Gasteiger partial charge in [0.15, 0.2) is 5.78 Å². The van der Waals surface area contributed by atoms with Gasteiger partial charge in [0.2, 0.25) is 0 Å². The lowest BCUT2D eigenvalue weighted by molar-refractivity contribution is 0.101.